The lowest BCUT2D eigenvalue weighted by molar-refractivity contribution is -0.391. The fourth-order valence-electron chi connectivity index (χ4n) is 8.87. The van der Waals surface area contributed by atoms with Crippen LogP contribution in [0.5, 0.6) is 11.5 Å². The molecule has 0 aliphatic carbocycles. The van der Waals surface area contributed by atoms with Crippen molar-refractivity contribution in [3.8, 4) is 11.5 Å². The van der Waals surface area contributed by atoms with Gasteiger partial charge in [-0.15, -0.1) is 0 Å². The molecular formula is C60H46F33N7O8S. The largest absolute Gasteiger partial charge is 0.508 e. The Labute approximate surface area is 591 Å². The average Bonchev–Trinajstić information content (AvgIpc) is 1.78. The van der Waals surface area contributed by atoms with E-state index in [1.165, 1.54) is 30.8 Å². The Morgan fingerprint density at radius 3 is 1.14 bits per heavy atom. The Balaban J connectivity index is 0.000000341. The standard InChI is InChI=1S/C14H16F3N3OS.C12H11F6NO.C9H5F6NO2.C9H7F6N.C8H3F6NO3.C8H4F6O/c15-14(16,17)10-2-1-3-11-12(10)21-13(19-11)22-9-8-20-6-4-18-5-7-20;1-3-9(20)19-10-7(11(13,14)15)4-6(2)5-8(10)12(16,17)18;1-4-2-5(8(10,11)12)7(16(17)18)6(3-4)9(13,14)15;1-4-2-5(8(10,11)12)7(16)6(3-4)9(13,14)15;9-7(10,11)4-1-3(16)2-5(8(12,13)14)6(4)15(17)18;9-7(10,11)4-1-5(8(12,13)14)3-6(15)2-4/h1-3,18H,4-9H2;4-5H,3H2,1-2H3,(H,19,20);2-3H,1H3;2-3H,16H2,1H3;1-2,16H;1-3,15H. The van der Waals surface area contributed by atoms with Crippen LogP contribution in [0.15, 0.2) is 94.6 Å². The Bertz CT molecular complexity index is 4050. The molecular weight excluding hydrogens is 1610 g/mol. The van der Waals surface area contributed by atoms with Gasteiger partial charge in [-0.2, -0.15) is 145 Å². The molecule has 1 saturated heterocycles. The highest BCUT2D eigenvalue weighted by atomic mass is 32.2. The van der Waals surface area contributed by atoms with E-state index in [9.17, 15) is 170 Å². The zero-order valence-corrected chi connectivity index (χ0v) is 54.9. The summed E-state index contributed by atoms with van der Waals surface area (Å²) in [6.45, 7) is 9.39. The summed E-state index contributed by atoms with van der Waals surface area (Å²) in [5, 5.41) is 43.6. The summed E-state index contributed by atoms with van der Waals surface area (Å²) in [6, 6.07) is 6.99. The molecule has 0 saturated carbocycles. The molecule has 1 amide bonds. The second-order valence-electron chi connectivity index (χ2n) is 21.8. The van der Waals surface area contributed by atoms with Gasteiger partial charge >= 0.3 is 67.9 Å². The molecule has 2 heterocycles. The van der Waals surface area contributed by atoms with E-state index in [1.807, 2.05) is 0 Å². The van der Waals surface area contributed by atoms with Gasteiger partial charge < -0.3 is 31.0 Å². The maximum atomic E-state index is 12.9. The van der Waals surface area contributed by atoms with Crippen molar-refractivity contribution in [1.82, 2.24) is 15.2 Å². The zero-order chi connectivity index (χ0) is 84.5. The number of amides is 1. The number of nitrogens with two attached hydrogens (primary N) is 1. The number of aryl methyl sites for hydroxylation is 3. The Hall–Kier alpha value is -9.58. The number of rotatable bonds is 8. The van der Waals surface area contributed by atoms with Crippen LogP contribution in [0.25, 0.3) is 11.1 Å². The van der Waals surface area contributed by atoms with E-state index in [-0.39, 0.29) is 64.5 Å². The van der Waals surface area contributed by atoms with Crippen LogP contribution in [0.3, 0.4) is 0 Å². The SMILES string of the molecule is CCC(=O)Nc1c(C(F)(F)F)cc(C)cc1C(F)(F)F.Cc1cc(C(F)(F)F)c(N)c(C(F)(F)F)c1.Cc1cc(C(F)(F)F)c([N+](=O)[O-])c(C(F)(F)F)c1.FC(F)(F)c1cccc2nc(SCCN3CCNCC3)oc12.O=[N+]([O-])c1c(C(F)(F)F)cc(O)cc1C(F)(F)F.Oc1cc(C(F)(F)F)cc(C(F)(F)F)c1. The summed E-state index contributed by atoms with van der Waals surface area (Å²) in [4.78, 5) is 35.0. The van der Waals surface area contributed by atoms with Crippen LogP contribution in [-0.4, -0.2) is 74.3 Å². The Morgan fingerprint density at radius 2 is 0.817 bits per heavy atom. The van der Waals surface area contributed by atoms with Gasteiger partial charge in [0.25, 0.3) is 16.6 Å². The maximum absolute atomic E-state index is 12.9. The van der Waals surface area contributed by atoms with E-state index in [4.69, 9.17) is 20.4 Å². The zero-order valence-electron chi connectivity index (χ0n) is 54.1. The highest BCUT2D eigenvalue weighted by molar-refractivity contribution is 7.99. The molecule has 6 N–H and O–H groups in total. The lowest BCUT2D eigenvalue weighted by Gasteiger charge is -2.26. The number of nitrogen functional groups attached to an aromatic ring is 1. The first-order valence-electron chi connectivity index (χ1n) is 28.8. The number of anilines is 2. The fraction of sp³-hybridized carbons (Fsp3) is 0.367. The molecule has 606 valence electrons. The maximum Gasteiger partial charge on any atom is 0.423 e. The molecule has 0 unspecified atom stereocenters. The van der Waals surface area contributed by atoms with Gasteiger partial charge in [0, 0.05) is 44.9 Å². The third-order valence-electron chi connectivity index (χ3n) is 13.5. The molecule has 8 rings (SSSR count). The number of nitrogens with one attached hydrogen (secondary N) is 2. The van der Waals surface area contributed by atoms with Gasteiger partial charge in [0.1, 0.15) is 44.8 Å². The van der Waals surface area contributed by atoms with Crippen molar-refractivity contribution in [3.63, 3.8) is 0 Å². The predicted molar refractivity (Wildman–Crippen MR) is 315 cm³/mol. The third kappa shape index (κ3) is 27.5. The highest BCUT2D eigenvalue weighted by Gasteiger charge is 2.50. The minimum Gasteiger partial charge on any atom is -0.508 e. The summed E-state index contributed by atoms with van der Waals surface area (Å²) in [6.07, 6.45) is -55.5. The number of alkyl halides is 33. The van der Waals surface area contributed by atoms with Crippen LogP contribution in [-0.2, 0) is 72.7 Å². The van der Waals surface area contributed by atoms with Crippen molar-refractivity contribution >= 4 is 51.5 Å². The predicted octanol–water partition coefficient (Wildman–Crippen LogP) is 21.5. The number of nitro groups is 2. The minimum absolute atomic E-state index is 0.0558. The summed E-state index contributed by atoms with van der Waals surface area (Å²) in [5.41, 5.74) is -20.3. The normalized spacial score (nSPS) is 13.6. The third-order valence-corrected chi connectivity index (χ3v) is 14.3. The number of phenolic OH excluding ortho intramolecular Hbond substituents is 2. The summed E-state index contributed by atoms with van der Waals surface area (Å²) in [7, 11) is 0. The molecule has 1 aromatic heterocycles. The number of aromatic nitrogens is 1. The van der Waals surface area contributed by atoms with Crippen LogP contribution in [0.4, 0.5) is 168 Å². The first-order chi connectivity index (χ1) is 49.0. The van der Waals surface area contributed by atoms with E-state index in [2.05, 4.69) is 15.2 Å². The quantitative estimate of drug-likeness (QED) is 0.0314. The number of thioether (sulfide) groups is 1. The monoisotopic (exact) mass is 1650 g/mol. The lowest BCUT2D eigenvalue weighted by Crippen LogP contribution is -2.44. The van der Waals surface area contributed by atoms with E-state index >= 15 is 0 Å². The number of nitrogens with zero attached hydrogens (tertiary/aromatic N) is 4. The summed E-state index contributed by atoms with van der Waals surface area (Å²) >= 11 is 1.35. The second kappa shape index (κ2) is 35.0. The number of benzene rings is 6. The average molecular weight is 1650 g/mol. The van der Waals surface area contributed by atoms with Crippen LogP contribution >= 0.6 is 11.8 Å². The molecule has 6 aromatic carbocycles. The van der Waals surface area contributed by atoms with Crippen LogP contribution in [0.1, 0.15) is 91.2 Å². The molecule has 1 aliphatic heterocycles. The van der Waals surface area contributed by atoms with E-state index in [0.717, 1.165) is 65.3 Å². The van der Waals surface area contributed by atoms with Gasteiger partial charge in [-0.1, -0.05) is 24.8 Å². The van der Waals surface area contributed by atoms with Crippen LogP contribution in [0, 0.1) is 41.0 Å². The van der Waals surface area contributed by atoms with Gasteiger partial charge in [0.05, 0.1) is 54.6 Å². The number of nitro benzene ring substituents is 2. The molecule has 7 aromatic rings. The smallest absolute Gasteiger partial charge is 0.423 e. The van der Waals surface area contributed by atoms with Gasteiger partial charge in [-0.25, -0.2) is 4.98 Å². The van der Waals surface area contributed by atoms with Gasteiger partial charge in [0.15, 0.2) is 5.58 Å². The molecule has 15 nitrogen and oxygen atoms in total. The van der Waals surface area contributed by atoms with Gasteiger partial charge in [-0.05, 0) is 116 Å². The van der Waals surface area contributed by atoms with Crippen molar-refractivity contribution in [3.05, 3.63) is 183 Å². The summed E-state index contributed by atoms with van der Waals surface area (Å²) in [5.74, 6) is -2.61. The molecule has 0 radical (unpaired) electrons. The molecule has 0 bridgehead atoms. The first kappa shape index (κ1) is 93.6. The van der Waals surface area contributed by atoms with Crippen molar-refractivity contribution < 1.29 is 174 Å². The second-order valence-corrected chi connectivity index (χ2v) is 22.9. The number of piperazine rings is 1. The molecule has 1 aliphatic rings. The number of carbonyl (C=O) groups is 1. The summed E-state index contributed by atoms with van der Waals surface area (Å²) < 4.78 is 417. The number of hydrogen-bond acceptors (Lipinski definition) is 13. The molecule has 0 spiro atoms. The van der Waals surface area contributed by atoms with Crippen molar-refractivity contribution in [2.75, 3.05) is 49.5 Å². The Morgan fingerprint density at radius 1 is 0.495 bits per heavy atom. The number of halogens is 33. The van der Waals surface area contributed by atoms with Crippen LogP contribution < -0.4 is 16.4 Å². The number of hydrogen-bond donors (Lipinski definition) is 5. The highest BCUT2D eigenvalue weighted by Crippen LogP contribution is 2.49. The topological polar surface area (TPSA) is 223 Å². The van der Waals surface area contributed by atoms with Gasteiger partial charge in [0.2, 0.25) is 5.91 Å². The molecule has 49 heteroatoms. The van der Waals surface area contributed by atoms with Crippen molar-refractivity contribution in [2.45, 2.75) is 107 Å². The number of fused-ring (bicyclic) bond motifs is 1. The van der Waals surface area contributed by atoms with Crippen LogP contribution in [0.2, 0.25) is 0 Å². The van der Waals surface area contributed by atoms with E-state index < -0.39 is 179 Å². The van der Waals surface area contributed by atoms with Crippen molar-refractivity contribution in [1.29, 1.82) is 0 Å². The molecule has 109 heavy (non-hydrogen) atoms. The number of carbonyl (C=O) groups excluding carboxylic acids is 1. The number of phenols is 2. The number of aromatic hydroxyl groups is 2. The Kier molecular flexibility index (Phi) is 30.0. The van der Waals surface area contributed by atoms with E-state index in [1.54, 1.807) is 5.32 Å². The minimum atomic E-state index is -5.39. The van der Waals surface area contributed by atoms with Gasteiger partial charge in [-0.3, -0.25) is 29.9 Å². The number of para-hydroxylation sites is 1. The fourth-order valence-corrected chi connectivity index (χ4v) is 9.70. The van der Waals surface area contributed by atoms with Crippen molar-refractivity contribution in [2.24, 2.45) is 0 Å². The lowest BCUT2D eigenvalue weighted by atomic mass is 10.0. The molecule has 1 fully saturated rings. The van der Waals surface area contributed by atoms with E-state index in [0.29, 0.717) is 41.6 Å². The first-order valence-corrected chi connectivity index (χ1v) is 29.7. The molecule has 0 atom stereocenters. The number of oxazole rings is 1.